The van der Waals surface area contributed by atoms with Crippen LogP contribution in [0, 0.1) is 0 Å². The van der Waals surface area contributed by atoms with E-state index in [0.717, 1.165) is 4.90 Å². The molecule has 1 atom stereocenters. The van der Waals surface area contributed by atoms with Crippen molar-refractivity contribution in [2.24, 2.45) is 0 Å². The number of nitrogens with zero attached hydrogens (tertiary/aromatic N) is 1. The first-order valence-corrected chi connectivity index (χ1v) is 4.74. The van der Waals surface area contributed by atoms with Crippen molar-refractivity contribution in [3.63, 3.8) is 0 Å². The quantitative estimate of drug-likeness (QED) is 0.305. The van der Waals surface area contributed by atoms with Crippen LogP contribution in [-0.2, 0) is 18.8 Å². The zero-order valence-electron chi connectivity index (χ0n) is 6.99. The Hall–Kier alpha value is -1.08. The van der Waals surface area contributed by atoms with Crippen molar-refractivity contribution in [2.45, 2.75) is 0 Å². The van der Waals surface area contributed by atoms with Crippen LogP contribution >= 0.6 is 8.03 Å². The molecule has 8 nitrogen and oxygen atoms in total. The minimum Gasteiger partial charge on any atom is -0.480 e. The van der Waals surface area contributed by atoms with Gasteiger partial charge in [0.25, 0.3) is 0 Å². The van der Waals surface area contributed by atoms with Crippen molar-refractivity contribution in [1.29, 1.82) is 0 Å². The van der Waals surface area contributed by atoms with Gasteiger partial charge in [-0.25, -0.2) is 10.2 Å². The minimum atomic E-state index is -2.47. The summed E-state index contributed by atoms with van der Waals surface area (Å²) in [5.74, 6) is -2.51. The third-order valence-corrected chi connectivity index (χ3v) is 1.94. The molecular weight excluding hydrogens is 217 g/mol. The van der Waals surface area contributed by atoms with Gasteiger partial charge in [-0.1, -0.05) is 0 Å². The molecule has 9 heteroatoms. The highest BCUT2D eigenvalue weighted by molar-refractivity contribution is 7.38. The fourth-order valence-electron chi connectivity index (χ4n) is 0.728. The number of carbonyl (C=O) groups is 2. The zero-order chi connectivity index (χ0) is 11.1. The highest BCUT2D eigenvalue weighted by Gasteiger charge is 2.26. The Morgan fingerprint density at radius 1 is 1.21 bits per heavy atom. The van der Waals surface area contributed by atoms with Crippen molar-refractivity contribution in [1.82, 2.24) is 4.90 Å². The second-order valence-electron chi connectivity index (χ2n) is 2.33. The van der Waals surface area contributed by atoms with E-state index < -0.39 is 39.3 Å². The van der Waals surface area contributed by atoms with Crippen molar-refractivity contribution < 1.29 is 34.3 Å². The fraction of sp³-hybridized carbons (Fsp3) is 0.600. The van der Waals surface area contributed by atoms with E-state index >= 15 is 0 Å². The molecule has 0 aromatic rings. The zero-order valence-corrected chi connectivity index (χ0v) is 7.88. The molecule has 0 fully saturated rings. The van der Waals surface area contributed by atoms with E-state index in [-0.39, 0.29) is 0 Å². The topological polar surface area (TPSA) is 124 Å². The average Bonchev–Trinajstić information content (AvgIpc) is 2.01. The number of rotatable bonds is 7. The third kappa shape index (κ3) is 6.44. The monoisotopic (exact) mass is 226 g/mol. The first-order valence-electron chi connectivity index (χ1n) is 3.38. The predicted octanol–water partition coefficient (Wildman–Crippen LogP) is -0.353. The second kappa shape index (κ2) is 6.39. The van der Waals surface area contributed by atoms with Crippen LogP contribution in [0.15, 0.2) is 0 Å². The summed E-state index contributed by atoms with van der Waals surface area (Å²) in [6.07, 6.45) is -0.454. The molecule has 0 saturated heterocycles. The summed E-state index contributed by atoms with van der Waals surface area (Å²) < 4.78 is 14.1. The normalized spacial score (nSPS) is 11.4. The Balaban J connectivity index is 4.16. The van der Waals surface area contributed by atoms with E-state index in [1.165, 1.54) is 0 Å². The summed E-state index contributed by atoms with van der Waals surface area (Å²) in [6, 6.07) is 0. The van der Waals surface area contributed by atoms with Gasteiger partial charge in [-0.2, -0.15) is 0 Å². The lowest BCUT2D eigenvalue weighted by Crippen LogP contribution is -2.34. The smallest absolute Gasteiger partial charge is 0.480 e. The van der Waals surface area contributed by atoms with Gasteiger partial charge in [0.2, 0.25) is 6.29 Å². The SMILES string of the molecule is O=C(O)CN(CC(=O)O)C[P+](=O)OO. The molecule has 1 unspecified atom stereocenters. The van der Waals surface area contributed by atoms with Gasteiger partial charge >= 0.3 is 20.0 Å². The third-order valence-electron chi connectivity index (χ3n) is 1.12. The largest absolute Gasteiger partial charge is 0.555 e. The lowest BCUT2D eigenvalue weighted by Gasteiger charge is -2.10. The van der Waals surface area contributed by atoms with E-state index in [4.69, 9.17) is 15.5 Å². The Labute approximate surface area is 79.5 Å². The van der Waals surface area contributed by atoms with Crippen molar-refractivity contribution in [2.75, 3.05) is 19.4 Å². The first kappa shape index (κ1) is 12.9. The molecular formula is C5H9NO7P+. The molecule has 0 aliphatic carbocycles. The van der Waals surface area contributed by atoms with Crippen molar-refractivity contribution in [3.05, 3.63) is 0 Å². The molecule has 3 N–H and O–H groups in total. The van der Waals surface area contributed by atoms with E-state index in [1.54, 1.807) is 0 Å². The molecule has 0 rings (SSSR count). The van der Waals surface area contributed by atoms with E-state index in [0.29, 0.717) is 0 Å². The molecule has 0 aliphatic rings. The van der Waals surface area contributed by atoms with Crippen LogP contribution in [0.5, 0.6) is 0 Å². The van der Waals surface area contributed by atoms with Gasteiger partial charge in [0.15, 0.2) is 0 Å². The number of hydrogen-bond acceptors (Lipinski definition) is 6. The van der Waals surface area contributed by atoms with Crippen molar-refractivity contribution >= 4 is 20.0 Å². The molecule has 0 heterocycles. The molecule has 0 bridgehead atoms. The second-order valence-corrected chi connectivity index (χ2v) is 3.44. The number of carboxylic acids is 2. The van der Waals surface area contributed by atoms with Gasteiger partial charge in [0, 0.05) is 4.67 Å². The van der Waals surface area contributed by atoms with E-state index in [2.05, 4.69) is 4.67 Å². The Morgan fingerprint density at radius 2 is 1.64 bits per heavy atom. The van der Waals surface area contributed by atoms with E-state index in [9.17, 15) is 14.2 Å². The van der Waals surface area contributed by atoms with Crippen LogP contribution in [0.2, 0.25) is 0 Å². The van der Waals surface area contributed by atoms with Crippen LogP contribution < -0.4 is 0 Å². The number of aliphatic carboxylic acids is 2. The molecule has 0 aromatic carbocycles. The maximum Gasteiger partial charge on any atom is 0.555 e. The van der Waals surface area contributed by atoms with Gasteiger partial charge in [0.05, 0.1) is 0 Å². The lowest BCUT2D eigenvalue weighted by atomic mass is 10.5. The Kier molecular flexibility index (Phi) is 5.89. The Morgan fingerprint density at radius 3 is 1.93 bits per heavy atom. The molecule has 0 aromatic heterocycles. The summed E-state index contributed by atoms with van der Waals surface area (Å²) in [6.45, 7) is -1.17. The maximum absolute atomic E-state index is 10.6. The van der Waals surface area contributed by atoms with Crippen LogP contribution in [0.1, 0.15) is 0 Å². The van der Waals surface area contributed by atoms with Gasteiger partial charge in [-0.05, 0) is 4.57 Å². The van der Waals surface area contributed by atoms with Gasteiger partial charge in [0.1, 0.15) is 13.1 Å². The number of hydrogen-bond donors (Lipinski definition) is 3. The van der Waals surface area contributed by atoms with Crippen molar-refractivity contribution in [3.8, 4) is 0 Å². The van der Waals surface area contributed by atoms with E-state index in [1.807, 2.05) is 0 Å². The molecule has 14 heavy (non-hydrogen) atoms. The van der Waals surface area contributed by atoms with Crippen LogP contribution in [-0.4, -0.2) is 51.7 Å². The summed E-state index contributed by atoms with van der Waals surface area (Å²) >= 11 is 0. The Bertz CT molecular complexity index is 226. The molecule has 0 radical (unpaired) electrons. The van der Waals surface area contributed by atoms with Gasteiger partial charge in [-0.15, -0.1) is 0 Å². The average molecular weight is 226 g/mol. The maximum atomic E-state index is 10.6. The standard InChI is InChI=1S/C5H8NO7P/c7-4(8)1-6(2-5(9)10)3-14(12)13-11/h1-3H2,(H2-,7,8,9,10,11)/p+1. The van der Waals surface area contributed by atoms with Crippen LogP contribution in [0.3, 0.4) is 0 Å². The van der Waals surface area contributed by atoms with Gasteiger partial charge < -0.3 is 10.2 Å². The fourth-order valence-corrected chi connectivity index (χ4v) is 1.31. The summed E-state index contributed by atoms with van der Waals surface area (Å²) in [5, 5.41) is 24.6. The minimum absolute atomic E-state index is 0.454. The lowest BCUT2D eigenvalue weighted by molar-refractivity contribution is -0.142. The van der Waals surface area contributed by atoms with Crippen LogP contribution in [0.4, 0.5) is 0 Å². The molecule has 80 valence electrons. The molecule has 0 spiro atoms. The van der Waals surface area contributed by atoms with Crippen LogP contribution in [0.25, 0.3) is 0 Å². The molecule has 0 aliphatic heterocycles. The highest BCUT2D eigenvalue weighted by atomic mass is 31.1. The van der Waals surface area contributed by atoms with Gasteiger partial charge in [-0.3, -0.25) is 9.59 Å². The summed E-state index contributed by atoms with van der Waals surface area (Å²) in [5.41, 5.74) is 0. The molecule has 0 amide bonds. The summed E-state index contributed by atoms with van der Waals surface area (Å²) in [4.78, 5) is 21.3. The number of carboxylic acid groups (broad SMARTS) is 2. The molecule has 0 saturated carbocycles. The predicted molar refractivity (Wildman–Crippen MR) is 43.0 cm³/mol. The summed E-state index contributed by atoms with van der Waals surface area (Å²) in [7, 11) is -2.47. The first-order chi connectivity index (χ1) is 6.45. The highest BCUT2D eigenvalue weighted by Crippen LogP contribution is 2.20.